The summed E-state index contributed by atoms with van der Waals surface area (Å²) in [5.74, 6) is -0.924. The third kappa shape index (κ3) is 5.02. The van der Waals surface area contributed by atoms with Gasteiger partial charge in [0.05, 0.1) is 19.2 Å². The summed E-state index contributed by atoms with van der Waals surface area (Å²) in [4.78, 5) is 39.8. The first-order chi connectivity index (χ1) is 13.6. The number of anilines is 1. The predicted molar refractivity (Wildman–Crippen MR) is 101 cm³/mol. The zero-order chi connectivity index (χ0) is 19.9. The van der Waals surface area contributed by atoms with Crippen LogP contribution < -0.4 is 5.32 Å². The molecule has 3 heterocycles. The molecule has 28 heavy (non-hydrogen) atoms. The first-order valence-electron chi connectivity index (χ1n) is 8.03. The Bertz CT molecular complexity index is 963. The van der Waals surface area contributed by atoms with Crippen LogP contribution in [0.25, 0.3) is 11.4 Å². The maximum absolute atomic E-state index is 11.9. The van der Waals surface area contributed by atoms with Crippen LogP contribution in [0.3, 0.4) is 0 Å². The smallest absolute Gasteiger partial charge is 0.350 e. The number of esters is 2. The highest BCUT2D eigenvalue weighted by Crippen LogP contribution is 2.23. The number of hydrogen-bond donors (Lipinski definition) is 1. The molecule has 1 N–H and O–H groups in total. The second-order valence-electron chi connectivity index (χ2n) is 5.39. The largest absolute Gasteiger partial charge is 0.465 e. The van der Waals surface area contributed by atoms with E-state index < -0.39 is 24.5 Å². The van der Waals surface area contributed by atoms with Crippen molar-refractivity contribution in [3.8, 4) is 11.4 Å². The van der Waals surface area contributed by atoms with Gasteiger partial charge in [0.1, 0.15) is 4.88 Å². The Kier molecular flexibility index (Phi) is 6.50. The van der Waals surface area contributed by atoms with Crippen LogP contribution in [0.4, 0.5) is 5.69 Å². The number of hydrogen-bond acceptors (Lipinski definition) is 10. The predicted octanol–water partition coefficient (Wildman–Crippen LogP) is 2.76. The molecule has 0 fully saturated rings. The SMILES string of the molecule is COC(=O)c1sccc1NC(=O)COC(=O)CCc1nc(-c2ccsc2)no1. The number of aryl methyl sites for hydroxylation is 1. The van der Waals surface area contributed by atoms with Crippen molar-refractivity contribution in [1.29, 1.82) is 0 Å². The average Bonchev–Trinajstić information content (AvgIpc) is 3.45. The van der Waals surface area contributed by atoms with Crippen molar-refractivity contribution in [3.05, 3.63) is 39.0 Å². The van der Waals surface area contributed by atoms with Gasteiger partial charge < -0.3 is 19.3 Å². The van der Waals surface area contributed by atoms with Gasteiger partial charge >= 0.3 is 11.9 Å². The Morgan fingerprint density at radius 3 is 2.86 bits per heavy atom. The van der Waals surface area contributed by atoms with Gasteiger partial charge in [-0.05, 0) is 22.9 Å². The highest BCUT2D eigenvalue weighted by Gasteiger charge is 2.17. The lowest BCUT2D eigenvalue weighted by Crippen LogP contribution is -2.21. The van der Waals surface area contributed by atoms with Crippen molar-refractivity contribution in [1.82, 2.24) is 10.1 Å². The van der Waals surface area contributed by atoms with E-state index in [1.165, 1.54) is 18.4 Å². The van der Waals surface area contributed by atoms with E-state index in [0.29, 0.717) is 17.4 Å². The molecule has 0 saturated heterocycles. The standard InChI is InChI=1S/C17H15N3O6S2/c1-24-17(23)15-11(5-7-28-15)18-12(21)8-25-14(22)3-2-13-19-16(20-26-13)10-4-6-27-9-10/h4-7,9H,2-3,8H2,1H3,(H,18,21). The minimum absolute atomic E-state index is 0.00951. The molecule has 3 aromatic rings. The molecule has 0 saturated carbocycles. The van der Waals surface area contributed by atoms with E-state index >= 15 is 0 Å². The van der Waals surface area contributed by atoms with E-state index in [1.54, 1.807) is 11.4 Å². The summed E-state index contributed by atoms with van der Waals surface area (Å²) >= 11 is 2.65. The molecular formula is C17H15N3O6S2. The van der Waals surface area contributed by atoms with Gasteiger partial charge in [-0.15, -0.1) is 11.3 Å². The summed E-state index contributed by atoms with van der Waals surface area (Å²) in [6, 6.07) is 3.43. The molecule has 1 amide bonds. The highest BCUT2D eigenvalue weighted by molar-refractivity contribution is 7.12. The Hall–Kier alpha value is -3.05. The van der Waals surface area contributed by atoms with Crippen molar-refractivity contribution in [3.63, 3.8) is 0 Å². The molecule has 0 aliphatic heterocycles. The van der Waals surface area contributed by atoms with E-state index in [0.717, 1.165) is 16.9 Å². The number of amides is 1. The van der Waals surface area contributed by atoms with E-state index in [1.807, 2.05) is 16.8 Å². The van der Waals surface area contributed by atoms with Gasteiger partial charge in [0.2, 0.25) is 11.7 Å². The van der Waals surface area contributed by atoms with Crippen LogP contribution in [0.15, 0.2) is 32.8 Å². The average molecular weight is 421 g/mol. The molecule has 0 aromatic carbocycles. The lowest BCUT2D eigenvalue weighted by atomic mass is 10.3. The second kappa shape index (κ2) is 9.24. The zero-order valence-electron chi connectivity index (χ0n) is 14.7. The number of nitrogens with one attached hydrogen (secondary N) is 1. The van der Waals surface area contributed by atoms with Crippen LogP contribution in [0.2, 0.25) is 0 Å². The summed E-state index contributed by atoms with van der Waals surface area (Å²) < 4.78 is 14.7. The minimum atomic E-state index is -0.580. The molecule has 0 bridgehead atoms. The van der Waals surface area contributed by atoms with E-state index in [4.69, 9.17) is 9.26 Å². The molecule has 11 heteroatoms. The Morgan fingerprint density at radius 2 is 2.11 bits per heavy atom. The Morgan fingerprint density at radius 1 is 1.25 bits per heavy atom. The van der Waals surface area contributed by atoms with E-state index in [2.05, 4.69) is 20.2 Å². The molecule has 0 radical (unpaired) electrons. The maximum atomic E-state index is 11.9. The lowest BCUT2D eigenvalue weighted by molar-refractivity contribution is -0.147. The topological polar surface area (TPSA) is 121 Å². The summed E-state index contributed by atoms with van der Waals surface area (Å²) in [6.07, 6.45) is 0.193. The van der Waals surface area contributed by atoms with Crippen molar-refractivity contribution in [2.75, 3.05) is 19.0 Å². The maximum Gasteiger partial charge on any atom is 0.350 e. The van der Waals surface area contributed by atoms with Crippen LogP contribution in [-0.4, -0.2) is 41.7 Å². The fraction of sp³-hybridized carbons (Fsp3) is 0.235. The molecule has 3 aromatic heterocycles. The molecule has 0 atom stereocenters. The van der Waals surface area contributed by atoms with Crippen LogP contribution in [0.1, 0.15) is 22.0 Å². The first kappa shape index (κ1) is 19.7. The van der Waals surface area contributed by atoms with Crippen molar-refractivity contribution in [2.24, 2.45) is 0 Å². The summed E-state index contributed by atoms with van der Waals surface area (Å²) in [5, 5.41) is 11.8. The minimum Gasteiger partial charge on any atom is -0.465 e. The molecule has 0 spiro atoms. The molecule has 0 aliphatic carbocycles. The second-order valence-corrected chi connectivity index (χ2v) is 7.08. The van der Waals surface area contributed by atoms with E-state index in [-0.39, 0.29) is 17.7 Å². The Labute approximate surface area is 167 Å². The van der Waals surface area contributed by atoms with Crippen LogP contribution in [0, 0.1) is 0 Å². The van der Waals surface area contributed by atoms with Gasteiger partial charge in [-0.2, -0.15) is 16.3 Å². The monoisotopic (exact) mass is 421 g/mol. The Balaban J connectivity index is 1.42. The fourth-order valence-corrected chi connectivity index (χ4v) is 3.54. The van der Waals surface area contributed by atoms with Crippen LogP contribution >= 0.6 is 22.7 Å². The molecule has 146 valence electrons. The lowest BCUT2D eigenvalue weighted by Gasteiger charge is -2.06. The van der Waals surface area contributed by atoms with Crippen LogP contribution in [-0.2, 0) is 25.5 Å². The van der Waals surface area contributed by atoms with Gasteiger partial charge in [0.25, 0.3) is 5.91 Å². The summed E-state index contributed by atoms with van der Waals surface area (Å²) in [7, 11) is 1.25. The fourth-order valence-electron chi connectivity index (χ4n) is 2.14. The molecule has 9 nitrogen and oxygen atoms in total. The zero-order valence-corrected chi connectivity index (χ0v) is 16.3. The molecule has 0 aliphatic rings. The third-order valence-electron chi connectivity index (χ3n) is 3.46. The van der Waals surface area contributed by atoms with Gasteiger partial charge in [-0.3, -0.25) is 9.59 Å². The van der Waals surface area contributed by atoms with Gasteiger partial charge in [0.15, 0.2) is 6.61 Å². The number of ether oxygens (including phenoxy) is 2. The molecule has 3 rings (SSSR count). The summed E-state index contributed by atoms with van der Waals surface area (Å²) in [5.41, 5.74) is 1.16. The quantitative estimate of drug-likeness (QED) is 0.551. The molecule has 0 unspecified atom stereocenters. The number of methoxy groups -OCH3 is 1. The summed E-state index contributed by atoms with van der Waals surface area (Å²) in [6.45, 7) is -0.473. The normalized spacial score (nSPS) is 10.5. The van der Waals surface area contributed by atoms with Gasteiger partial charge in [0, 0.05) is 17.4 Å². The van der Waals surface area contributed by atoms with E-state index in [9.17, 15) is 14.4 Å². The number of rotatable bonds is 8. The van der Waals surface area contributed by atoms with Crippen molar-refractivity contribution >= 4 is 46.2 Å². The number of carbonyl (C=O) groups excluding carboxylic acids is 3. The number of nitrogens with zero attached hydrogens (tertiary/aromatic N) is 2. The third-order valence-corrected chi connectivity index (χ3v) is 5.04. The van der Waals surface area contributed by atoms with Crippen LogP contribution in [0.5, 0.6) is 0 Å². The number of carbonyl (C=O) groups is 3. The number of aromatic nitrogens is 2. The first-order valence-corrected chi connectivity index (χ1v) is 9.85. The number of thiophene rings is 2. The van der Waals surface area contributed by atoms with Crippen molar-refractivity contribution < 1.29 is 28.4 Å². The highest BCUT2D eigenvalue weighted by atomic mass is 32.1. The van der Waals surface area contributed by atoms with Gasteiger partial charge in [-0.1, -0.05) is 5.16 Å². The van der Waals surface area contributed by atoms with Gasteiger partial charge in [-0.25, -0.2) is 4.79 Å². The molecular weight excluding hydrogens is 406 g/mol. The van der Waals surface area contributed by atoms with Crippen molar-refractivity contribution in [2.45, 2.75) is 12.8 Å².